The van der Waals surface area contributed by atoms with E-state index in [2.05, 4.69) is 93.6 Å². The van der Waals surface area contributed by atoms with Gasteiger partial charge in [0, 0.05) is 6.21 Å². The van der Waals surface area contributed by atoms with Crippen LogP contribution in [0, 0.1) is 0 Å². The molecule has 0 heterocycles. The van der Waals surface area contributed by atoms with Crippen LogP contribution in [0.15, 0.2) is 82.8 Å². The van der Waals surface area contributed by atoms with Crippen LogP contribution in [-0.2, 0) is 12.8 Å². The molecule has 0 aliphatic carbocycles. The first-order chi connectivity index (χ1) is 23.8. The molecule has 0 amide bonds. The molecular formula is C46H72N2. The van der Waals surface area contributed by atoms with E-state index < -0.39 is 0 Å². The lowest BCUT2D eigenvalue weighted by Crippen LogP contribution is -2.00. The number of unbranched alkanes of at least 4 members (excludes halogenated alkanes) is 17. The van der Waals surface area contributed by atoms with Crippen molar-refractivity contribution in [2.75, 3.05) is 0 Å². The molecule has 2 rings (SSSR count). The van der Waals surface area contributed by atoms with Crippen molar-refractivity contribution in [2.24, 2.45) is 9.98 Å². The first kappa shape index (κ1) is 41.4. The Kier molecular flexibility index (Phi) is 26.2. The van der Waals surface area contributed by atoms with Gasteiger partial charge in [-0.05, 0) is 100 Å². The van der Waals surface area contributed by atoms with Gasteiger partial charge in [-0.3, -0.25) is 9.98 Å². The monoisotopic (exact) mass is 653 g/mol. The third-order valence-corrected chi connectivity index (χ3v) is 9.30. The summed E-state index contributed by atoms with van der Waals surface area (Å²) in [4.78, 5) is 10.2. The van der Waals surface area contributed by atoms with Gasteiger partial charge in [0.15, 0.2) is 0 Å². The Balaban J connectivity index is 1.85. The topological polar surface area (TPSA) is 24.7 Å². The van der Waals surface area contributed by atoms with Crippen molar-refractivity contribution in [2.45, 2.75) is 181 Å². The van der Waals surface area contributed by atoms with Crippen LogP contribution in [0.4, 0.5) is 11.4 Å². The van der Waals surface area contributed by atoms with E-state index in [1.165, 1.54) is 127 Å². The van der Waals surface area contributed by atoms with Gasteiger partial charge in [-0.2, -0.15) is 0 Å². The van der Waals surface area contributed by atoms with Crippen LogP contribution < -0.4 is 0 Å². The first-order valence-corrected chi connectivity index (χ1v) is 20.4. The number of para-hydroxylation sites is 2. The van der Waals surface area contributed by atoms with Gasteiger partial charge in [0.1, 0.15) is 0 Å². The fourth-order valence-electron chi connectivity index (χ4n) is 6.22. The van der Waals surface area contributed by atoms with E-state index in [9.17, 15) is 0 Å². The molecule has 0 atom stereocenters. The standard InChI is InChI=1S/C46H72N2/c1-4-7-10-12-14-16-18-20-22-24-26-28-34-42-36-30-32-39-45(42)47-41-44(38-9-6-3)48-46-40-33-31-37-43(46)35-29-27-25-23-21-19-17-15-13-11-8-5-2/h22-25,30-33,36-37,39-41H,4-21,26-29,34-35,38H2,1-3H3. The first-order valence-electron chi connectivity index (χ1n) is 20.4. The van der Waals surface area contributed by atoms with E-state index in [0.717, 1.165) is 62.0 Å². The second-order valence-corrected chi connectivity index (χ2v) is 13.8. The average molecular weight is 653 g/mol. The maximum atomic E-state index is 5.19. The van der Waals surface area contributed by atoms with Crippen LogP contribution >= 0.6 is 0 Å². The molecule has 0 radical (unpaired) electrons. The third-order valence-electron chi connectivity index (χ3n) is 9.30. The Morgan fingerprint density at radius 1 is 0.458 bits per heavy atom. The number of hydrogen-bond donors (Lipinski definition) is 0. The largest absolute Gasteiger partial charge is 0.255 e. The van der Waals surface area contributed by atoms with Crippen LogP contribution in [0.3, 0.4) is 0 Å². The number of nitrogens with zero attached hydrogens (tertiary/aromatic N) is 2. The van der Waals surface area contributed by atoms with Crippen molar-refractivity contribution in [3.63, 3.8) is 0 Å². The summed E-state index contributed by atoms with van der Waals surface area (Å²) >= 11 is 0. The van der Waals surface area contributed by atoms with Gasteiger partial charge in [-0.25, -0.2) is 0 Å². The zero-order valence-corrected chi connectivity index (χ0v) is 31.6. The molecular weight excluding hydrogens is 581 g/mol. The van der Waals surface area contributed by atoms with Crippen LogP contribution in [-0.4, -0.2) is 11.9 Å². The van der Waals surface area contributed by atoms with Crippen molar-refractivity contribution >= 4 is 23.3 Å². The normalized spacial score (nSPS) is 12.4. The minimum atomic E-state index is 0.960. The SMILES string of the molecule is CCCCCCCCCC=CCCCc1ccccc1N=CC(CCCC)=Nc1ccccc1CCCC=CCCCCCCCCC. The zero-order valence-electron chi connectivity index (χ0n) is 31.6. The summed E-state index contributed by atoms with van der Waals surface area (Å²) in [6.07, 6.45) is 43.4. The Morgan fingerprint density at radius 3 is 1.40 bits per heavy atom. The second kappa shape index (κ2) is 30.3. The van der Waals surface area contributed by atoms with Crippen LogP contribution in [0.1, 0.15) is 180 Å². The van der Waals surface area contributed by atoms with E-state index in [4.69, 9.17) is 9.98 Å². The van der Waals surface area contributed by atoms with Crippen molar-refractivity contribution in [1.82, 2.24) is 0 Å². The highest BCUT2D eigenvalue weighted by molar-refractivity contribution is 6.31. The van der Waals surface area contributed by atoms with Gasteiger partial charge in [-0.1, -0.05) is 165 Å². The van der Waals surface area contributed by atoms with Gasteiger partial charge in [0.05, 0.1) is 17.1 Å². The molecule has 0 spiro atoms. The second-order valence-electron chi connectivity index (χ2n) is 13.8. The Morgan fingerprint density at radius 2 is 0.875 bits per heavy atom. The minimum Gasteiger partial charge on any atom is -0.255 e. The molecule has 0 unspecified atom stereocenters. The summed E-state index contributed by atoms with van der Waals surface area (Å²) in [7, 11) is 0. The molecule has 266 valence electrons. The highest BCUT2D eigenvalue weighted by Gasteiger charge is 2.05. The van der Waals surface area contributed by atoms with E-state index in [0.29, 0.717) is 0 Å². The van der Waals surface area contributed by atoms with Crippen molar-refractivity contribution in [3.8, 4) is 0 Å². The molecule has 0 fully saturated rings. The van der Waals surface area contributed by atoms with Gasteiger partial charge >= 0.3 is 0 Å². The zero-order chi connectivity index (χ0) is 34.2. The fraction of sp³-hybridized carbons (Fsp3) is 0.609. The van der Waals surface area contributed by atoms with Crippen LogP contribution in [0.2, 0.25) is 0 Å². The van der Waals surface area contributed by atoms with Crippen molar-refractivity contribution in [3.05, 3.63) is 84.0 Å². The van der Waals surface area contributed by atoms with E-state index >= 15 is 0 Å². The van der Waals surface area contributed by atoms with Crippen LogP contribution in [0.5, 0.6) is 0 Å². The Bertz CT molecular complexity index is 1150. The summed E-state index contributed by atoms with van der Waals surface area (Å²) < 4.78 is 0. The predicted molar refractivity (Wildman–Crippen MR) is 217 cm³/mol. The molecule has 0 saturated heterocycles. The fourth-order valence-corrected chi connectivity index (χ4v) is 6.22. The van der Waals surface area contributed by atoms with Gasteiger partial charge < -0.3 is 0 Å². The van der Waals surface area contributed by atoms with Crippen molar-refractivity contribution < 1.29 is 0 Å². The molecule has 2 heteroatoms. The van der Waals surface area contributed by atoms with Crippen LogP contribution in [0.25, 0.3) is 0 Å². The molecule has 0 aromatic heterocycles. The maximum absolute atomic E-state index is 5.19. The average Bonchev–Trinajstić information content (AvgIpc) is 3.11. The molecule has 0 saturated carbocycles. The molecule has 0 aliphatic heterocycles. The lowest BCUT2D eigenvalue weighted by Gasteiger charge is -2.08. The highest BCUT2D eigenvalue weighted by Crippen LogP contribution is 2.24. The summed E-state index contributed by atoms with van der Waals surface area (Å²) in [5, 5.41) is 0. The molecule has 0 bridgehead atoms. The van der Waals surface area contributed by atoms with E-state index in [1.807, 2.05) is 6.21 Å². The number of hydrogen-bond acceptors (Lipinski definition) is 2. The molecule has 0 N–H and O–H groups in total. The minimum absolute atomic E-state index is 0.960. The number of aryl methyl sites for hydroxylation is 2. The number of benzene rings is 2. The molecule has 2 aromatic carbocycles. The molecule has 48 heavy (non-hydrogen) atoms. The Hall–Kier alpha value is -2.74. The van der Waals surface area contributed by atoms with Gasteiger partial charge in [0.25, 0.3) is 0 Å². The maximum Gasteiger partial charge on any atom is 0.0665 e. The number of rotatable bonds is 30. The lowest BCUT2D eigenvalue weighted by molar-refractivity contribution is 0.592. The smallest absolute Gasteiger partial charge is 0.0665 e. The number of allylic oxidation sites excluding steroid dienone is 4. The summed E-state index contributed by atoms with van der Waals surface area (Å²) in [6.45, 7) is 6.83. The lowest BCUT2D eigenvalue weighted by atomic mass is 10.0. The highest BCUT2D eigenvalue weighted by atomic mass is 14.8. The third kappa shape index (κ3) is 21.3. The molecule has 2 nitrogen and oxygen atoms in total. The summed E-state index contributed by atoms with van der Waals surface area (Å²) in [6, 6.07) is 17.4. The molecule has 2 aromatic rings. The Labute approximate surface area is 297 Å². The summed E-state index contributed by atoms with van der Waals surface area (Å²) in [5.74, 6) is 0. The number of aliphatic imine (C=N–C) groups is 2. The van der Waals surface area contributed by atoms with E-state index in [-0.39, 0.29) is 0 Å². The van der Waals surface area contributed by atoms with Gasteiger partial charge in [0.2, 0.25) is 0 Å². The van der Waals surface area contributed by atoms with Gasteiger partial charge in [-0.15, -0.1) is 0 Å². The predicted octanol–water partition coefficient (Wildman–Crippen LogP) is 15.4. The summed E-state index contributed by atoms with van der Waals surface area (Å²) in [5.41, 5.74) is 5.97. The quantitative estimate of drug-likeness (QED) is 0.0456. The van der Waals surface area contributed by atoms with E-state index in [1.54, 1.807) is 0 Å². The van der Waals surface area contributed by atoms with Crippen molar-refractivity contribution in [1.29, 1.82) is 0 Å². The molecule has 0 aliphatic rings.